The molecule has 0 aliphatic heterocycles. The Labute approximate surface area is 220 Å². The molecule has 3 rings (SSSR count). The lowest BCUT2D eigenvalue weighted by atomic mass is 10.2. The molecule has 0 atom stereocenters. The smallest absolute Gasteiger partial charge is 0.416 e. The number of halogens is 3. The van der Waals surface area contributed by atoms with E-state index in [1.807, 2.05) is 0 Å². The Morgan fingerprint density at radius 3 is 2.18 bits per heavy atom. The lowest BCUT2D eigenvalue weighted by Crippen LogP contribution is -2.38. The first kappa shape index (κ1) is 29.0. The number of carbonyl (C=O) groups is 1. The van der Waals surface area contributed by atoms with E-state index in [1.54, 1.807) is 0 Å². The molecule has 0 saturated carbocycles. The number of rotatable bonds is 10. The topological polar surface area (TPSA) is 137 Å². The van der Waals surface area contributed by atoms with Gasteiger partial charge >= 0.3 is 6.18 Å². The zero-order chi connectivity index (χ0) is 29.0. The number of methoxy groups -OCH3 is 3. The first-order valence-corrected chi connectivity index (χ1v) is 12.3. The fourth-order valence-corrected chi connectivity index (χ4v) is 4.91. The number of amides is 1. The van der Waals surface area contributed by atoms with Crippen LogP contribution in [-0.2, 0) is 21.0 Å². The van der Waals surface area contributed by atoms with Gasteiger partial charge in [0.1, 0.15) is 12.3 Å². The first-order chi connectivity index (χ1) is 18.3. The SMILES string of the molecule is COc1ccc([N+](=O)[O-])cc1NC(=O)CN(c1cccc(C(F)(F)F)c1)S(=O)(=O)c1ccc(OC)c(OC)c1. The molecule has 0 aromatic heterocycles. The molecule has 1 N–H and O–H groups in total. The van der Waals surface area contributed by atoms with Crippen molar-refractivity contribution in [2.24, 2.45) is 0 Å². The summed E-state index contributed by atoms with van der Waals surface area (Å²) < 4.78 is 83.4. The fraction of sp³-hybridized carbons (Fsp3) is 0.208. The molecule has 0 saturated heterocycles. The predicted molar refractivity (Wildman–Crippen MR) is 134 cm³/mol. The van der Waals surface area contributed by atoms with E-state index in [1.165, 1.54) is 33.5 Å². The Hall–Kier alpha value is -4.53. The maximum Gasteiger partial charge on any atom is 0.416 e. The summed E-state index contributed by atoms with van der Waals surface area (Å²) in [6, 6.07) is 10.3. The van der Waals surface area contributed by atoms with Crippen LogP contribution in [-0.4, -0.2) is 47.1 Å². The van der Waals surface area contributed by atoms with E-state index in [2.05, 4.69) is 5.32 Å². The Kier molecular flexibility index (Phi) is 8.54. The number of ether oxygens (including phenoxy) is 3. The van der Waals surface area contributed by atoms with Crippen LogP contribution in [0.1, 0.15) is 5.56 Å². The van der Waals surface area contributed by atoms with Crippen LogP contribution in [0.5, 0.6) is 17.2 Å². The van der Waals surface area contributed by atoms with Gasteiger partial charge in [-0.2, -0.15) is 13.2 Å². The van der Waals surface area contributed by atoms with Crippen LogP contribution in [0.2, 0.25) is 0 Å². The summed E-state index contributed by atoms with van der Waals surface area (Å²) in [7, 11) is -0.836. The third-order valence-corrected chi connectivity index (χ3v) is 7.13. The van der Waals surface area contributed by atoms with E-state index in [9.17, 15) is 36.5 Å². The molecule has 3 aromatic rings. The number of nitrogens with one attached hydrogen (secondary N) is 1. The number of hydrogen-bond donors (Lipinski definition) is 1. The average Bonchev–Trinajstić information content (AvgIpc) is 2.90. The lowest BCUT2D eigenvalue weighted by molar-refractivity contribution is -0.384. The third kappa shape index (κ3) is 6.49. The molecule has 39 heavy (non-hydrogen) atoms. The first-order valence-electron chi connectivity index (χ1n) is 10.9. The van der Waals surface area contributed by atoms with E-state index in [4.69, 9.17) is 14.2 Å². The number of benzene rings is 3. The van der Waals surface area contributed by atoms with E-state index < -0.39 is 55.4 Å². The van der Waals surface area contributed by atoms with Crippen molar-refractivity contribution < 1.29 is 45.5 Å². The van der Waals surface area contributed by atoms with E-state index in [0.29, 0.717) is 10.4 Å². The highest BCUT2D eigenvalue weighted by Crippen LogP contribution is 2.35. The number of sulfonamides is 1. The minimum atomic E-state index is -4.80. The van der Waals surface area contributed by atoms with Gasteiger partial charge in [-0.25, -0.2) is 8.42 Å². The van der Waals surface area contributed by atoms with Gasteiger partial charge in [-0.1, -0.05) is 6.07 Å². The monoisotopic (exact) mass is 569 g/mol. The van der Waals surface area contributed by atoms with Crippen molar-refractivity contribution in [3.05, 3.63) is 76.3 Å². The Morgan fingerprint density at radius 1 is 0.949 bits per heavy atom. The number of anilines is 2. The van der Waals surface area contributed by atoms with Gasteiger partial charge in [0.2, 0.25) is 5.91 Å². The summed E-state index contributed by atoms with van der Waals surface area (Å²) in [6.45, 7) is -0.996. The normalized spacial score (nSPS) is 11.4. The van der Waals surface area contributed by atoms with Gasteiger partial charge < -0.3 is 19.5 Å². The highest BCUT2D eigenvalue weighted by molar-refractivity contribution is 7.92. The summed E-state index contributed by atoms with van der Waals surface area (Å²) in [5.74, 6) is -0.775. The van der Waals surface area contributed by atoms with Crippen molar-refractivity contribution in [2.45, 2.75) is 11.1 Å². The average molecular weight is 570 g/mol. The molecule has 15 heteroatoms. The molecule has 11 nitrogen and oxygen atoms in total. The summed E-state index contributed by atoms with van der Waals surface area (Å²) in [5, 5.41) is 13.5. The Morgan fingerprint density at radius 2 is 1.59 bits per heavy atom. The van der Waals surface area contributed by atoms with Crippen molar-refractivity contribution in [1.29, 1.82) is 0 Å². The highest BCUT2D eigenvalue weighted by Gasteiger charge is 2.34. The van der Waals surface area contributed by atoms with E-state index in [-0.39, 0.29) is 22.9 Å². The van der Waals surface area contributed by atoms with Crippen molar-refractivity contribution in [3.8, 4) is 17.2 Å². The van der Waals surface area contributed by atoms with E-state index in [0.717, 1.165) is 42.5 Å². The molecule has 0 aliphatic rings. The van der Waals surface area contributed by atoms with Crippen LogP contribution in [0.15, 0.2) is 65.6 Å². The molecular weight excluding hydrogens is 547 g/mol. The lowest BCUT2D eigenvalue weighted by Gasteiger charge is -2.25. The summed E-state index contributed by atoms with van der Waals surface area (Å²) in [5.41, 5.74) is -2.14. The Balaban J connectivity index is 2.09. The van der Waals surface area contributed by atoms with Crippen molar-refractivity contribution in [1.82, 2.24) is 0 Å². The van der Waals surface area contributed by atoms with Gasteiger partial charge in [0.15, 0.2) is 11.5 Å². The number of nitro groups is 1. The zero-order valence-electron chi connectivity index (χ0n) is 20.7. The second-order valence-corrected chi connectivity index (χ2v) is 9.63. The van der Waals surface area contributed by atoms with Gasteiger partial charge in [-0.3, -0.25) is 19.2 Å². The number of hydrogen-bond acceptors (Lipinski definition) is 8. The Bertz CT molecular complexity index is 1500. The minimum Gasteiger partial charge on any atom is -0.495 e. The van der Waals surface area contributed by atoms with Crippen LogP contribution in [0.3, 0.4) is 0 Å². The van der Waals surface area contributed by atoms with Crippen LogP contribution >= 0.6 is 0 Å². The fourth-order valence-electron chi connectivity index (χ4n) is 3.48. The largest absolute Gasteiger partial charge is 0.495 e. The predicted octanol–water partition coefficient (Wildman–Crippen LogP) is 4.47. The molecule has 0 bridgehead atoms. The maximum atomic E-state index is 13.7. The van der Waals surface area contributed by atoms with Crippen molar-refractivity contribution in [2.75, 3.05) is 37.5 Å². The molecule has 3 aromatic carbocycles. The second-order valence-electron chi connectivity index (χ2n) is 7.77. The number of nitrogens with zero attached hydrogens (tertiary/aromatic N) is 2. The number of non-ortho nitro benzene ring substituents is 1. The zero-order valence-corrected chi connectivity index (χ0v) is 21.5. The van der Waals surface area contributed by atoms with Gasteiger partial charge in [0.25, 0.3) is 15.7 Å². The second kappa shape index (κ2) is 11.5. The van der Waals surface area contributed by atoms with Gasteiger partial charge in [0.05, 0.1) is 48.1 Å². The van der Waals surface area contributed by atoms with Gasteiger partial charge in [-0.05, 0) is 36.4 Å². The van der Waals surface area contributed by atoms with Gasteiger partial charge in [-0.15, -0.1) is 0 Å². The molecule has 0 spiro atoms. The summed E-state index contributed by atoms with van der Waals surface area (Å²) in [6.07, 6.45) is -4.80. The molecule has 1 amide bonds. The number of carbonyl (C=O) groups excluding carboxylic acids is 1. The molecule has 0 radical (unpaired) electrons. The quantitative estimate of drug-likeness (QED) is 0.279. The van der Waals surface area contributed by atoms with Crippen LogP contribution in [0.25, 0.3) is 0 Å². The molecule has 208 valence electrons. The number of nitro benzene ring substituents is 1. The summed E-state index contributed by atoms with van der Waals surface area (Å²) >= 11 is 0. The van der Waals surface area contributed by atoms with Crippen molar-refractivity contribution >= 4 is 33.0 Å². The summed E-state index contributed by atoms with van der Waals surface area (Å²) in [4.78, 5) is 23.1. The van der Waals surface area contributed by atoms with Crippen LogP contribution < -0.4 is 23.8 Å². The van der Waals surface area contributed by atoms with Crippen LogP contribution in [0.4, 0.5) is 30.2 Å². The standard InChI is InChI=1S/C24H22F3N3O8S/c1-36-20-9-7-17(30(32)33)12-19(20)28-23(31)14-29(16-6-4-5-15(11-16)24(25,26)27)39(34,35)18-8-10-21(37-2)22(13-18)38-3/h4-13H,14H2,1-3H3,(H,28,31). The highest BCUT2D eigenvalue weighted by atomic mass is 32.2. The molecule has 0 heterocycles. The minimum absolute atomic E-state index is 0.0216. The molecule has 0 unspecified atom stereocenters. The molecule has 0 fully saturated rings. The van der Waals surface area contributed by atoms with Crippen LogP contribution in [0, 0.1) is 10.1 Å². The molecule has 0 aliphatic carbocycles. The van der Waals surface area contributed by atoms with E-state index >= 15 is 0 Å². The third-order valence-electron chi connectivity index (χ3n) is 5.36. The maximum absolute atomic E-state index is 13.7. The van der Waals surface area contributed by atoms with Gasteiger partial charge in [0, 0.05) is 18.2 Å². The molecular formula is C24H22F3N3O8S. The number of alkyl halides is 3. The van der Waals surface area contributed by atoms with Crippen molar-refractivity contribution in [3.63, 3.8) is 0 Å².